The second kappa shape index (κ2) is 6.82. The average molecular weight is 359 g/mol. The molecule has 2 aromatic rings. The van der Waals surface area contributed by atoms with E-state index in [9.17, 15) is 19.5 Å². The summed E-state index contributed by atoms with van der Waals surface area (Å²) in [5.74, 6) is -0.926. The fourth-order valence-electron chi connectivity index (χ4n) is 3.33. The molecule has 1 aromatic heterocycles. The molecule has 0 radical (unpaired) electrons. The van der Waals surface area contributed by atoms with Gasteiger partial charge in [0.1, 0.15) is 17.4 Å². The summed E-state index contributed by atoms with van der Waals surface area (Å²) in [7, 11) is 0. The van der Waals surface area contributed by atoms with Gasteiger partial charge in [-0.3, -0.25) is 4.79 Å². The molecule has 7 heteroatoms. The van der Waals surface area contributed by atoms with Crippen molar-refractivity contribution in [1.82, 2.24) is 4.90 Å². The maximum absolute atomic E-state index is 12.3. The number of hydrogen-bond donors (Lipinski definition) is 1. The lowest BCUT2D eigenvalue weighted by Crippen LogP contribution is -2.42. The number of aliphatic carboxylic acids is 1. The van der Waals surface area contributed by atoms with Gasteiger partial charge in [-0.25, -0.2) is 9.59 Å². The standard InChI is InChI=1S/C19H21NO6/c1-10-11(2)19(24)26-17-12(3)15(7-6-13(10)17)25-9-16(21)20-8-4-5-14(20)18(22)23/h6-7,14H,4-5,8-9H2,1-3H3,(H,22,23)/t14-/m0/s1. The maximum Gasteiger partial charge on any atom is 0.339 e. The van der Waals surface area contributed by atoms with Crippen molar-refractivity contribution < 1.29 is 23.8 Å². The Morgan fingerprint density at radius 1 is 1.23 bits per heavy atom. The number of carbonyl (C=O) groups is 2. The molecule has 0 bridgehead atoms. The second-order valence-electron chi connectivity index (χ2n) is 6.58. The lowest BCUT2D eigenvalue weighted by Gasteiger charge is -2.21. The van der Waals surface area contributed by atoms with Gasteiger partial charge in [0.2, 0.25) is 0 Å². The molecular formula is C19H21NO6. The van der Waals surface area contributed by atoms with Crippen molar-refractivity contribution in [2.45, 2.75) is 39.7 Å². The van der Waals surface area contributed by atoms with Gasteiger partial charge in [0.05, 0.1) is 0 Å². The fraction of sp³-hybridized carbons (Fsp3) is 0.421. The molecule has 2 heterocycles. The molecule has 3 rings (SSSR count). The SMILES string of the molecule is Cc1c(C)c2ccc(OCC(=O)N3CCC[C@H]3C(=O)O)c(C)c2oc1=O. The van der Waals surface area contributed by atoms with Crippen LogP contribution in [0.25, 0.3) is 11.0 Å². The molecular weight excluding hydrogens is 338 g/mol. The van der Waals surface area contributed by atoms with Gasteiger partial charge in [0.25, 0.3) is 5.91 Å². The topological polar surface area (TPSA) is 97.1 Å². The highest BCUT2D eigenvalue weighted by atomic mass is 16.5. The van der Waals surface area contributed by atoms with E-state index in [1.54, 1.807) is 26.0 Å². The number of aryl methyl sites for hydroxylation is 2. The van der Waals surface area contributed by atoms with Crippen molar-refractivity contribution in [3.05, 3.63) is 39.2 Å². The van der Waals surface area contributed by atoms with E-state index in [2.05, 4.69) is 0 Å². The van der Waals surface area contributed by atoms with Crippen LogP contribution in [0.2, 0.25) is 0 Å². The third-order valence-electron chi connectivity index (χ3n) is 5.03. The van der Waals surface area contributed by atoms with E-state index < -0.39 is 17.6 Å². The highest BCUT2D eigenvalue weighted by Crippen LogP contribution is 2.29. The van der Waals surface area contributed by atoms with Crippen LogP contribution >= 0.6 is 0 Å². The second-order valence-corrected chi connectivity index (χ2v) is 6.58. The Hall–Kier alpha value is -2.83. The molecule has 1 aromatic carbocycles. The summed E-state index contributed by atoms with van der Waals surface area (Å²) in [6.07, 6.45) is 1.13. The minimum atomic E-state index is -0.995. The number of rotatable bonds is 4. The summed E-state index contributed by atoms with van der Waals surface area (Å²) < 4.78 is 11.0. The molecule has 7 nitrogen and oxygen atoms in total. The van der Waals surface area contributed by atoms with Crippen LogP contribution in [0.1, 0.15) is 29.5 Å². The summed E-state index contributed by atoms with van der Waals surface area (Å²) >= 11 is 0. The number of fused-ring (bicyclic) bond motifs is 1. The Morgan fingerprint density at radius 2 is 1.96 bits per heavy atom. The van der Waals surface area contributed by atoms with Crippen LogP contribution in [0.3, 0.4) is 0 Å². The van der Waals surface area contributed by atoms with Gasteiger partial charge >= 0.3 is 11.6 Å². The Labute approximate surface area is 150 Å². The first-order chi connectivity index (χ1) is 12.3. The number of carboxylic acids is 1. The van der Waals surface area contributed by atoms with Crippen molar-refractivity contribution in [3.63, 3.8) is 0 Å². The highest BCUT2D eigenvalue weighted by molar-refractivity contribution is 5.87. The lowest BCUT2D eigenvalue weighted by molar-refractivity contribution is -0.148. The molecule has 1 fully saturated rings. The molecule has 138 valence electrons. The van der Waals surface area contributed by atoms with Crippen LogP contribution < -0.4 is 10.4 Å². The number of likely N-dealkylation sites (tertiary alicyclic amines) is 1. The van der Waals surface area contributed by atoms with Gasteiger partial charge in [-0.1, -0.05) is 0 Å². The van der Waals surface area contributed by atoms with Gasteiger partial charge in [0.15, 0.2) is 6.61 Å². The summed E-state index contributed by atoms with van der Waals surface area (Å²) in [4.78, 5) is 36.8. The predicted octanol–water partition coefficient (Wildman–Crippen LogP) is 2.17. The molecule has 1 amide bonds. The minimum absolute atomic E-state index is 0.259. The van der Waals surface area contributed by atoms with E-state index in [4.69, 9.17) is 9.15 Å². The molecule has 1 N–H and O–H groups in total. The van der Waals surface area contributed by atoms with Crippen molar-refractivity contribution in [2.24, 2.45) is 0 Å². The van der Waals surface area contributed by atoms with Crippen LogP contribution in [0.15, 0.2) is 21.3 Å². The number of carbonyl (C=O) groups excluding carboxylic acids is 1. The third kappa shape index (κ3) is 3.05. The van der Waals surface area contributed by atoms with E-state index in [1.165, 1.54) is 4.90 Å². The molecule has 0 aliphatic carbocycles. The first-order valence-electron chi connectivity index (χ1n) is 8.50. The van der Waals surface area contributed by atoms with E-state index in [0.717, 1.165) is 10.9 Å². The van der Waals surface area contributed by atoms with Gasteiger partial charge in [-0.15, -0.1) is 0 Å². The zero-order valence-electron chi connectivity index (χ0n) is 15.0. The quantitative estimate of drug-likeness (QED) is 0.841. The minimum Gasteiger partial charge on any atom is -0.483 e. The number of nitrogens with zero attached hydrogens (tertiary/aromatic N) is 1. The first-order valence-corrected chi connectivity index (χ1v) is 8.50. The van der Waals surface area contributed by atoms with Gasteiger partial charge < -0.3 is 19.2 Å². The Bertz CT molecular complexity index is 945. The maximum atomic E-state index is 12.3. The van der Waals surface area contributed by atoms with Crippen LogP contribution in [0, 0.1) is 20.8 Å². The summed E-state index contributed by atoms with van der Waals surface area (Å²) in [5, 5.41) is 10.0. The normalized spacial score (nSPS) is 16.9. The molecule has 0 saturated carbocycles. The smallest absolute Gasteiger partial charge is 0.339 e. The number of amides is 1. The monoisotopic (exact) mass is 359 g/mol. The number of hydrogen-bond acceptors (Lipinski definition) is 5. The molecule has 0 unspecified atom stereocenters. The van der Waals surface area contributed by atoms with Crippen LogP contribution in [0.5, 0.6) is 5.75 Å². The zero-order valence-corrected chi connectivity index (χ0v) is 15.0. The van der Waals surface area contributed by atoms with Crippen molar-refractivity contribution in [2.75, 3.05) is 13.2 Å². The van der Waals surface area contributed by atoms with Crippen LogP contribution in [-0.2, 0) is 9.59 Å². The van der Waals surface area contributed by atoms with E-state index in [-0.39, 0.29) is 12.5 Å². The molecule has 1 aliphatic rings. The Balaban J connectivity index is 1.82. The molecule has 1 atom stereocenters. The van der Waals surface area contributed by atoms with Gasteiger partial charge in [-0.05, 0) is 51.3 Å². The van der Waals surface area contributed by atoms with Gasteiger partial charge in [0, 0.05) is 23.1 Å². The van der Waals surface area contributed by atoms with Gasteiger partial charge in [-0.2, -0.15) is 0 Å². The summed E-state index contributed by atoms with van der Waals surface area (Å²) in [6.45, 7) is 5.50. The average Bonchev–Trinajstić information content (AvgIpc) is 3.10. The number of carboxylic acid groups (broad SMARTS) is 1. The molecule has 1 aliphatic heterocycles. The zero-order chi connectivity index (χ0) is 19.0. The van der Waals surface area contributed by atoms with Crippen LogP contribution in [-0.4, -0.2) is 41.1 Å². The van der Waals surface area contributed by atoms with Crippen molar-refractivity contribution >= 4 is 22.8 Å². The lowest BCUT2D eigenvalue weighted by atomic mass is 10.0. The van der Waals surface area contributed by atoms with Crippen molar-refractivity contribution in [1.29, 1.82) is 0 Å². The molecule has 0 spiro atoms. The first kappa shape index (κ1) is 18.0. The molecule has 1 saturated heterocycles. The largest absolute Gasteiger partial charge is 0.483 e. The highest BCUT2D eigenvalue weighted by Gasteiger charge is 2.34. The predicted molar refractivity (Wildman–Crippen MR) is 94.6 cm³/mol. The summed E-state index contributed by atoms with van der Waals surface area (Å²) in [5.41, 5.74) is 2.09. The Morgan fingerprint density at radius 3 is 2.65 bits per heavy atom. The third-order valence-corrected chi connectivity index (χ3v) is 5.03. The van der Waals surface area contributed by atoms with E-state index in [0.29, 0.717) is 41.8 Å². The van der Waals surface area contributed by atoms with Crippen molar-refractivity contribution in [3.8, 4) is 5.75 Å². The molecule has 26 heavy (non-hydrogen) atoms. The summed E-state index contributed by atoms with van der Waals surface area (Å²) in [6, 6.07) is 2.74. The number of ether oxygens (including phenoxy) is 1. The number of benzene rings is 1. The Kier molecular flexibility index (Phi) is 4.71. The van der Waals surface area contributed by atoms with E-state index in [1.807, 2.05) is 6.92 Å². The fourth-order valence-corrected chi connectivity index (χ4v) is 3.33. The van der Waals surface area contributed by atoms with Crippen LogP contribution in [0.4, 0.5) is 0 Å². The van der Waals surface area contributed by atoms with E-state index >= 15 is 0 Å².